The maximum Gasteiger partial charge on any atom is 0.273 e. The summed E-state index contributed by atoms with van der Waals surface area (Å²) in [5.74, 6) is 0.109. The van der Waals surface area contributed by atoms with Crippen molar-refractivity contribution in [3.63, 3.8) is 0 Å². The van der Waals surface area contributed by atoms with E-state index in [0.29, 0.717) is 17.1 Å². The summed E-state index contributed by atoms with van der Waals surface area (Å²) in [6, 6.07) is 14.6. The summed E-state index contributed by atoms with van der Waals surface area (Å²) in [7, 11) is 1.58. The molecule has 0 bridgehead atoms. The van der Waals surface area contributed by atoms with Crippen molar-refractivity contribution in [3.05, 3.63) is 64.4 Å². The van der Waals surface area contributed by atoms with Gasteiger partial charge in [-0.2, -0.15) is 0 Å². The third kappa shape index (κ3) is 5.20. The Hall–Kier alpha value is -3.20. The van der Waals surface area contributed by atoms with Gasteiger partial charge in [-0.15, -0.1) is 5.10 Å². The zero-order valence-electron chi connectivity index (χ0n) is 16.0. The minimum atomic E-state index is -0.381. The van der Waals surface area contributed by atoms with Gasteiger partial charge in [-0.3, -0.25) is 9.59 Å². The molecule has 9 heteroatoms. The monoisotopic (exact) mass is 457 g/mol. The van der Waals surface area contributed by atoms with Crippen LogP contribution in [0, 0.1) is 6.92 Å². The highest BCUT2D eigenvalue weighted by Gasteiger charge is 2.17. The van der Waals surface area contributed by atoms with E-state index < -0.39 is 0 Å². The number of nitrogens with zero attached hydrogens (tertiary/aromatic N) is 3. The summed E-state index contributed by atoms with van der Waals surface area (Å²) >= 11 is 3.34. The fraction of sp³-hybridized carbons (Fsp3) is 0.200. The van der Waals surface area contributed by atoms with E-state index in [4.69, 9.17) is 4.74 Å². The average Bonchev–Trinajstić information content (AvgIpc) is 3.11. The van der Waals surface area contributed by atoms with Gasteiger partial charge in [0.2, 0.25) is 5.91 Å². The molecular weight excluding hydrogens is 438 g/mol. The minimum Gasteiger partial charge on any atom is -0.497 e. The molecule has 0 aliphatic heterocycles. The molecule has 0 saturated heterocycles. The van der Waals surface area contributed by atoms with Crippen LogP contribution in [-0.2, 0) is 4.79 Å². The summed E-state index contributed by atoms with van der Waals surface area (Å²) in [5.41, 5.74) is 2.24. The predicted octanol–water partition coefficient (Wildman–Crippen LogP) is 3.11. The van der Waals surface area contributed by atoms with Crippen molar-refractivity contribution in [3.8, 4) is 11.4 Å². The molecule has 8 nitrogen and oxygen atoms in total. The Morgan fingerprint density at radius 1 is 1.17 bits per heavy atom. The first-order chi connectivity index (χ1) is 14.0. The Kier molecular flexibility index (Phi) is 6.61. The van der Waals surface area contributed by atoms with Crippen LogP contribution in [0.4, 0.5) is 5.69 Å². The lowest BCUT2D eigenvalue weighted by atomic mass is 10.2. The van der Waals surface area contributed by atoms with Gasteiger partial charge >= 0.3 is 0 Å². The van der Waals surface area contributed by atoms with Crippen molar-refractivity contribution in [2.75, 3.05) is 19.0 Å². The van der Waals surface area contributed by atoms with Crippen LogP contribution in [0.1, 0.15) is 22.6 Å². The lowest BCUT2D eigenvalue weighted by Crippen LogP contribution is -2.28. The number of nitrogens with one attached hydrogen (secondary N) is 2. The van der Waals surface area contributed by atoms with Crippen molar-refractivity contribution in [2.24, 2.45) is 0 Å². The second kappa shape index (κ2) is 9.33. The molecule has 2 amide bonds. The first-order valence-corrected chi connectivity index (χ1v) is 9.67. The summed E-state index contributed by atoms with van der Waals surface area (Å²) in [6.07, 6.45) is 0.144. The van der Waals surface area contributed by atoms with Gasteiger partial charge in [0.05, 0.1) is 18.5 Å². The van der Waals surface area contributed by atoms with E-state index in [0.717, 1.165) is 10.2 Å². The SMILES string of the molecule is COc1cccc(-n2nnc(C(=O)NCCC(=O)Nc3ccc(Br)cc3)c2C)c1. The van der Waals surface area contributed by atoms with Gasteiger partial charge < -0.3 is 15.4 Å². The Morgan fingerprint density at radius 2 is 1.93 bits per heavy atom. The fourth-order valence-electron chi connectivity index (χ4n) is 2.66. The van der Waals surface area contributed by atoms with Crippen molar-refractivity contribution < 1.29 is 14.3 Å². The molecule has 1 heterocycles. The first kappa shape index (κ1) is 20.5. The number of methoxy groups -OCH3 is 1. The molecule has 0 spiro atoms. The second-order valence-electron chi connectivity index (χ2n) is 6.20. The van der Waals surface area contributed by atoms with Gasteiger partial charge in [0.25, 0.3) is 5.91 Å². The quantitative estimate of drug-likeness (QED) is 0.567. The minimum absolute atomic E-state index is 0.144. The summed E-state index contributed by atoms with van der Waals surface area (Å²) < 4.78 is 7.71. The van der Waals surface area contributed by atoms with E-state index in [1.54, 1.807) is 36.9 Å². The molecule has 1 aromatic heterocycles. The van der Waals surface area contributed by atoms with E-state index in [9.17, 15) is 9.59 Å². The van der Waals surface area contributed by atoms with E-state index >= 15 is 0 Å². The van der Waals surface area contributed by atoms with Crippen LogP contribution >= 0.6 is 15.9 Å². The maximum atomic E-state index is 12.4. The van der Waals surface area contributed by atoms with Crippen LogP contribution < -0.4 is 15.4 Å². The number of hydrogen-bond acceptors (Lipinski definition) is 5. The van der Waals surface area contributed by atoms with E-state index in [2.05, 4.69) is 36.9 Å². The summed E-state index contributed by atoms with van der Waals surface area (Å²) in [4.78, 5) is 24.4. The largest absolute Gasteiger partial charge is 0.497 e. The Morgan fingerprint density at radius 3 is 2.66 bits per heavy atom. The number of anilines is 1. The molecule has 0 unspecified atom stereocenters. The molecule has 0 saturated carbocycles. The summed E-state index contributed by atoms with van der Waals surface area (Å²) in [6.45, 7) is 1.95. The van der Waals surface area contributed by atoms with Crippen LogP contribution in [0.25, 0.3) is 5.69 Å². The van der Waals surface area contributed by atoms with Gasteiger partial charge in [-0.25, -0.2) is 4.68 Å². The van der Waals surface area contributed by atoms with Gasteiger partial charge in [0.15, 0.2) is 5.69 Å². The number of ether oxygens (including phenoxy) is 1. The van der Waals surface area contributed by atoms with Crippen LogP contribution in [0.15, 0.2) is 53.0 Å². The standard InChI is InChI=1S/C20H20BrN5O3/c1-13-19(24-25-26(13)16-4-3-5-17(12-16)29-2)20(28)22-11-10-18(27)23-15-8-6-14(21)7-9-15/h3-9,12H,10-11H2,1-2H3,(H,22,28)(H,23,27). The molecule has 2 aromatic carbocycles. The van der Waals surface area contributed by atoms with Crippen molar-refractivity contribution in [1.82, 2.24) is 20.3 Å². The van der Waals surface area contributed by atoms with Crippen molar-refractivity contribution in [2.45, 2.75) is 13.3 Å². The van der Waals surface area contributed by atoms with Crippen LogP contribution in [-0.4, -0.2) is 40.5 Å². The molecule has 0 radical (unpaired) electrons. The topological polar surface area (TPSA) is 98.1 Å². The Bertz CT molecular complexity index is 1020. The van der Waals surface area contributed by atoms with Gasteiger partial charge in [0, 0.05) is 29.2 Å². The van der Waals surface area contributed by atoms with E-state index in [1.165, 1.54) is 0 Å². The predicted molar refractivity (Wildman–Crippen MR) is 112 cm³/mol. The van der Waals surface area contributed by atoms with Crippen LogP contribution in [0.2, 0.25) is 0 Å². The lowest BCUT2D eigenvalue weighted by molar-refractivity contribution is -0.116. The molecule has 0 atom stereocenters. The number of carbonyl (C=O) groups excluding carboxylic acids is 2. The highest BCUT2D eigenvalue weighted by atomic mass is 79.9. The molecule has 3 rings (SSSR count). The summed E-state index contributed by atoms with van der Waals surface area (Å²) in [5, 5.41) is 13.5. The number of rotatable bonds is 7. The van der Waals surface area contributed by atoms with Crippen LogP contribution in [0.5, 0.6) is 5.75 Å². The van der Waals surface area contributed by atoms with Gasteiger partial charge in [0.1, 0.15) is 5.75 Å². The molecule has 0 fully saturated rings. The molecule has 3 aromatic rings. The van der Waals surface area contributed by atoms with Crippen molar-refractivity contribution >= 4 is 33.4 Å². The maximum absolute atomic E-state index is 12.4. The molecule has 2 N–H and O–H groups in total. The smallest absolute Gasteiger partial charge is 0.273 e. The van der Waals surface area contributed by atoms with Gasteiger partial charge in [-0.05, 0) is 43.3 Å². The average molecular weight is 458 g/mol. The zero-order valence-corrected chi connectivity index (χ0v) is 17.6. The molecular formula is C20H20BrN5O3. The molecule has 29 heavy (non-hydrogen) atoms. The number of carbonyl (C=O) groups is 2. The van der Waals surface area contributed by atoms with Gasteiger partial charge in [-0.1, -0.05) is 27.2 Å². The number of amides is 2. The highest BCUT2D eigenvalue weighted by molar-refractivity contribution is 9.10. The Labute approximate surface area is 176 Å². The number of benzene rings is 2. The number of aromatic nitrogens is 3. The first-order valence-electron chi connectivity index (χ1n) is 8.88. The van der Waals surface area contributed by atoms with E-state index in [1.807, 2.05) is 30.3 Å². The van der Waals surface area contributed by atoms with E-state index in [-0.39, 0.29) is 30.5 Å². The Balaban J connectivity index is 1.56. The molecule has 0 aliphatic rings. The molecule has 0 aliphatic carbocycles. The normalized spacial score (nSPS) is 10.4. The number of halogens is 1. The van der Waals surface area contributed by atoms with Crippen LogP contribution in [0.3, 0.4) is 0 Å². The zero-order chi connectivity index (χ0) is 20.8. The molecule has 150 valence electrons. The third-order valence-electron chi connectivity index (χ3n) is 4.17. The lowest BCUT2D eigenvalue weighted by Gasteiger charge is -2.07. The fourth-order valence-corrected chi connectivity index (χ4v) is 2.92. The third-order valence-corrected chi connectivity index (χ3v) is 4.70. The highest BCUT2D eigenvalue weighted by Crippen LogP contribution is 2.18. The van der Waals surface area contributed by atoms with Crippen molar-refractivity contribution in [1.29, 1.82) is 0 Å². The number of hydrogen-bond donors (Lipinski definition) is 2. The second-order valence-corrected chi connectivity index (χ2v) is 7.11.